The quantitative estimate of drug-likeness (QED) is 0.425. The van der Waals surface area contributed by atoms with Crippen LogP contribution in [0, 0.1) is 20.8 Å². The van der Waals surface area contributed by atoms with E-state index in [0.717, 1.165) is 45.1 Å². The molecule has 0 spiro atoms. The Morgan fingerprint density at radius 2 is 1.75 bits per heavy atom. The zero-order valence-electron chi connectivity index (χ0n) is 18.2. The molecule has 0 radical (unpaired) electrons. The number of para-hydroxylation sites is 1. The number of anilines is 1. The predicted molar refractivity (Wildman–Crippen MR) is 126 cm³/mol. The molecule has 0 unspecified atom stereocenters. The summed E-state index contributed by atoms with van der Waals surface area (Å²) >= 11 is 0. The van der Waals surface area contributed by atoms with E-state index in [2.05, 4.69) is 10.4 Å². The predicted octanol–water partition coefficient (Wildman–Crippen LogP) is 5.36. The number of aryl methyl sites for hydroxylation is 2. The van der Waals surface area contributed by atoms with Gasteiger partial charge in [-0.3, -0.25) is 4.79 Å². The lowest BCUT2D eigenvalue weighted by atomic mass is 10.1. The number of carbonyl (C=O) groups is 1. The van der Waals surface area contributed by atoms with Crippen molar-refractivity contribution in [1.82, 2.24) is 19.2 Å². The molecule has 0 aliphatic carbocycles. The van der Waals surface area contributed by atoms with Crippen LogP contribution in [-0.4, -0.2) is 25.1 Å². The summed E-state index contributed by atoms with van der Waals surface area (Å²) in [6.07, 6.45) is 5.61. The van der Waals surface area contributed by atoms with Gasteiger partial charge < -0.3 is 9.72 Å². The van der Waals surface area contributed by atoms with Gasteiger partial charge in [0.05, 0.1) is 28.8 Å². The van der Waals surface area contributed by atoms with Crippen LogP contribution in [0.2, 0.25) is 0 Å². The Labute approximate surface area is 186 Å². The van der Waals surface area contributed by atoms with Gasteiger partial charge in [-0.2, -0.15) is 5.10 Å². The largest absolute Gasteiger partial charge is 0.322 e. The number of rotatable bonds is 4. The van der Waals surface area contributed by atoms with Crippen LogP contribution in [-0.2, 0) is 0 Å². The van der Waals surface area contributed by atoms with Gasteiger partial charge in [0.1, 0.15) is 5.65 Å². The third-order valence-corrected chi connectivity index (χ3v) is 5.71. The average molecular weight is 422 g/mol. The van der Waals surface area contributed by atoms with E-state index >= 15 is 0 Å². The number of fused-ring (bicyclic) bond motifs is 1. The number of amides is 1. The van der Waals surface area contributed by atoms with Gasteiger partial charge in [-0.1, -0.05) is 36.4 Å². The molecule has 1 N–H and O–H groups in total. The molecule has 0 saturated heterocycles. The molecule has 32 heavy (non-hydrogen) atoms. The summed E-state index contributed by atoms with van der Waals surface area (Å²) in [6, 6.07) is 19.8. The Bertz CT molecular complexity index is 1450. The average Bonchev–Trinajstić information content (AvgIpc) is 3.40. The highest BCUT2D eigenvalue weighted by Crippen LogP contribution is 2.27. The van der Waals surface area contributed by atoms with Gasteiger partial charge in [0.25, 0.3) is 5.91 Å². The highest BCUT2D eigenvalue weighted by molar-refractivity contribution is 6.05. The third kappa shape index (κ3) is 3.46. The molecule has 0 bridgehead atoms. The normalized spacial score (nSPS) is 11.1. The van der Waals surface area contributed by atoms with Crippen molar-refractivity contribution in [2.75, 3.05) is 5.32 Å². The molecule has 6 heteroatoms. The number of aromatic nitrogens is 4. The minimum atomic E-state index is -0.184. The number of imidazole rings is 1. The van der Waals surface area contributed by atoms with E-state index in [1.807, 2.05) is 98.2 Å². The Hall–Kier alpha value is -4.19. The number of carbonyl (C=O) groups excluding carboxylic acids is 1. The van der Waals surface area contributed by atoms with Crippen molar-refractivity contribution in [2.45, 2.75) is 20.8 Å². The highest BCUT2D eigenvalue weighted by Gasteiger charge is 2.17. The minimum Gasteiger partial charge on any atom is -0.322 e. The van der Waals surface area contributed by atoms with Gasteiger partial charge in [-0.25, -0.2) is 9.67 Å². The summed E-state index contributed by atoms with van der Waals surface area (Å²) in [5.41, 5.74) is 7.85. The number of benzene rings is 2. The van der Waals surface area contributed by atoms with Crippen molar-refractivity contribution in [3.05, 3.63) is 102 Å². The maximum Gasteiger partial charge on any atom is 0.259 e. The summed E-state index contributed by atoms with van der Waals surface area (Å²) in [6.45, 7) is 5.93. The second-order valence-electron chi connectivity index (χ2n) is 7.92. The Morgan fingerprint density at radius 3 is 2.53 bits per heavy atom. The number of hydrogen-bond donors (Lipinski definition) is 1. The van der Waals surface area contributed by atoms with Crippen molar-refractivity contribution in [1.29, 1.82) is 0 Å². The summed E-state index contributed by atoms with van der Waals surface area (Å²) in [5, 5.41) is 7.47. The van der Waals surface area contributed by atoms with Gasteiger partial charge in [0.2, 0.25) is 0 Å². The van der Waals surface area contributed by atoms with Crippen LogP contribution in [0.5, 0.6) is 0 Å². The summed E-state index contributed by atoms with van der Waals surface area (Å²) < 4.78 is 3.79. The Morgan fingerprint density at radius 1 is 0.938 bits per heavy atom. The number of nitrogens with zero attached hydrogens (tertiary/aromatic N) is 4. The van der Waals surface area contributed by atoms with Crippen LogP contribution in [0.4, 0.5) is 5.69 Å². The fourth-order valence-corrected chi connectivity index (χ4v) is 3.86. The summed E-state index contributed by atoms with van der Waals surface area (Å²) in [7, 11) is 0. The first-order chi connectivity index (χ1) is 15.5. The first-order valence-corrected chi connectivity index (χ1v) is 10.5. The lowest BCUT2D eigenvalue weighted by Crippen LogP contribution is -2.14. The lowest BCUT2D eigenvalue weighted by molar-refractivity contribution is 0.102. The first kappa shape index (κ1) is 19.8. The Kier molecular flexibility index (Phi) is 4.82. The summed E-state index contributed by atoms with van der Waals surface area (Å²) in [5.74, 6) is -0.184. The fraction of sp³-hybridized carbons (Fsp3) is 0.115. The van der Waals surface area contributed by atoms with Crippen LogP contribution in [0.15, 0.2) is 79.3 Å². The molecule has 3 aromatic heterocycles. The summed E-state index contributed by atoms with van der Waals surface area (Å²) in [4.78, 5) is 17.9. The van der Waals surface area contributed by atoms with Crippen LogP contribution < -0.4 is 5.32 Å². The van der Waals surface area contributed by atoms with Crippen molar-refractivity contribution in [2.24, 2.45) is 0 Å². The molecule has 6 nitrogen and oxygen atoms in total. The molecular formula is C26H23N5O. The Balaban J connectivity index is 1.45. The number of nitrogens with one attached hydrogen (secondary N) is 1. The molecule has 158 valence electrons. The molecule has 0 atom stereocenters. The van der Waals surface area contributed by atoms with Gasteiger partial charge >= 0.3 is 0 Å². The van der Waals surface area contributed by atoms with Gasteiger partial charge in [0.15, 0.2) is 0 Å². The van der Waals surface area contributed by atoms with Crippen LogP contribution in [0.3, 0.4) is 0 Å². The van der Waals surface area contributed by atoms with E-state index in [1.54, 1.807) is 10.9 Å². The maximum atomic E-state index is 13.1. The molecular weight excluding hydrogens is 398 g/mol. The molecule has 3 heterocycles. The van der Waals surface area contributed by atoms with Crippen LogP contribution in [0.1, 0.15) is 27.2 Å². The zero-order valence-corrected chi connectivity index (χ0v) is 18.2. The SMILES string of the molecule is Cc1ccc(-c2cn3cccc(C)c3n2)cc1NC(=O)c1cnn(-c2ccccc2)c1C. The molecule has 0 saturated carbocycles. The molecule has 0 aliphatic rings. The van der Waals surface area contributed by atoms with Crippen LogP contribution in [0.25, 0.3) is 22.6 Å². The molecule has 0 fully saturated rings. The van der Waals surface area contributed by atoms with Crippen molar-refractivity contribution < 1.29 is 4.79 Å². The first-order valence-electron chi connectivity index (χ1n) is 10.5. The molecule has 1 amide bonds. The second-order valence-corrected chi connectivity index (χ2v) is 7.92. The minimum absolute atomic E-state index is 0.184. The number of pyridine rings is 1. The van der Waals surface area contributed by atoms with Crippen molar-refractivity contribution in [3.63, 3.8) is 0 Å². The molecule has 0 aliphatic heterocycles. The van der Waals surface area contributed by atoms with Gasteiger partial charge in [-0.05, 0) is 56.2 Å². The maximum absolute atomic E-state index is 13.1. The van der Waals surface area contributed by atoms with E-state index < -0.39 is 0 Å². The zero-order chi connectivity index (χ0) is 22.2. The standard InChI is InChI=1S/C26H23N5O/c1-17-11-12-20(24-16-30-13-7-8-18(2)25(30)28-24)14-23(17)29-26(32)22-15-27-31(19(22)3)21-9-5-4-6-10-21/h4-16H,1-3H3,(H,29,32). The van der Waals surface area contributed by atoms with E-state index in [-0.39, 0.29) is 5.91 Å². The van der Waals surface area contributed by atoms with E-state index in [9.17, 15) is 4.79 Å². The molecule has 5 rings (SSSR count). The van der Waals surface area contributed by atoms with E-state index in [4.69, 9.17) is 4.98 Å². The van der Waals surface area contributed by atoms with Crippen LogP contribution >= 0.6 is 0 Å². The fourth-order valence-electron chi connectivity index (χ4n) is 3.86. The lowest BCUT2D eigenvalue weighted by Gasteiger charge is -2.10. The highest BCUT2D eigenvalue weighted by atomic mass is 16.1. The second kappa shape index (κ2) is 7.81. The molecule has 5 aromatic rings. The van der Waals surface area contributed by atoms with Gasteiger partial charge in [-0.15, -0.1) is 0 Å². The van der Waals surface area contributed by atoms with Crippen molar-refractivity contribution in [3.8, 4) is 16.9 Å². The smallest absolute Gasteiger partial charge is 0.259 e. The monoisotopic (exact) mass is 421 g/mol. The molecule has 2 aromatic carbocycles. The van der Waals surface area contributed by atoms with E-state index in [0.29, 0.717) is 5.56 Å². The van der Waals surface area contributed by atoms with Gasteiger partial charge in [0, 0.05) is 23.6 Å². The third-order valence-electron chi connectivity index (χ3n) is 5.71. The topological polar surface area (TPSA) is 64.2 Å². The van der Waals surface area contributed by atoms with E-state index in [1.165, 1.54) is 0 Å². The number of hydrogen-bond acceptors (Lipinski definition) is 3. The van der Waals surface area contributed by atoms with Crippen molar-refractivity contribution >= 4 is 17.2 Å².